The molecule has 0 radical (unpaired) electrons. The zero-order valence-electron chi connectivity index (χ0n) is 4.70. The molecule has 0 aromatic carbocycles. The molecule has 0 bridgehead atoms. The Labute approximate surface area is 59.8 Å². The molecule has 1 N–H and O–H groups in total. The van der Waals surface area contributed by atoms with Crippen LogP contribution in [-0.2, 0) is 10.0 Å². The van der Waals surface area contributed by atoms with Crippen molar-refractivity contribution < 1.29 is 8.42 Å². The predicted molar refractivity (Wildman–Crippen MR) is 40.8 cm³/mol. The summed E-state index contributed by atoms with van der Waals surface area (Å²) in [7, 11) is -3.21. The minimum absolute atomic E-state index is 0.0971. The highest BCUT2D eigenvalue weighted by Crippen LogP contribution is 1.80. The van der Waals surface area contributed by atoms with E-state index in [1.165, 1.54) is 6.08 Å². The standard InChI is InChI=1S/C4H7NO2S2/c1-2-3-9(6,7)5-4-8/h2,4H,1,3H2,(H,5,8). The van der Waals surface area contributed by atoms with Crippen molar-refractivity contribution in [2.75, 3.05) is 5.75 Å². The van der Waals surface area contributed by atoms with Crippen molar-refractivity contribution in [1.29, 1.82) is 0 Å². The van der Waals surface area contributed by atoms with Gasteiger partial charge in [0, 0.05) is 0 Å². The monoisotopic (exact) mass is 165 g/mol. The molecule has 0 atom stereocenters. The molecule has 0 spiro atoms. The van der Waals surface area contributed by atoms with Crippen LogP contribution in [0.15, 0.2) is 12.7 Å². The average Bonchev–Trinajstić information content (AvgIpc) is 1.64. The number of sulfonamides is 1. The van der Waals surface area contributed by atoms with Crippen LogP contribution in [0.2, 0.25) is 0 Å². The highest BCUT2D eigenvalue weighted by atomic mass is 32.2. The molecule has 9 heavy (non-hydrogen) atoms. The molecule has 0 saturated heterocycles. The number of nitrogens with one attached hydrogen (secondary N) is 1. The molecule has 0 amide bonds. The number of hydrogen-bond acceptors (Lipinski definition) is 3. The molecular weight excluding hydrogens is 158 g/mol. The molecule has 0 heterocycles. The summed E-state index contributed by atoms with van der Waals surface area (Å²) in [5.41, 5.74) is 0.957. The fourth-order valence-electron chi connectivity index (χ4n) is 0.277. The van der Waals surface area contributed by atoms with Crippen molar-refractivity contribution in [1.82, 2.24) is 4.72 Å². The second-order valence-electron chi connectivity index (χ2n) is 1.31. The van der Waals surface area contributed by atoms with E-state index in [9.17, 15) is 8.42 Å². The Hall–Kier alpha value is -0.420. The van der Waals surface area contributed by atoms with E-state index in [0.717, 1.165) is 5.49 Å². The number of thiocarbonyl (C=S) groups is 1. The highest BCUT2D eigenvalue weighted by Gasteiger charge is 2.01. The Kier molecular flexibility index (Phi) is 3.41. The van der Waals surface area contributed by atoms with Crippen LogP contribution in [0.1, 0.15) is 0 Å². The van der Waals surface area contributed by atoms with E-state index in [0.29, 0.717) is 0 Å². The van der Waals surface area contributed by atoms with Gasteiger partial charge in [0.1, 0.15) is 0 Å². The van der Waals surface area contributed by atoms with Gasteiger partial charge in [0.2, 0.25) is 10.0 Å². The third-order valence-corrected chi connectivity index (χ3v) is 1.98. The number of hydrogen-bond donors (Lipinski definition) is 1. The molecule has 0 aromatic heterocycles. The Morgan fingerprint density at radius 2 is 2.22 bits per heavy atom. The molecule has 0 aromatic rings. The fourth-order valence-corrected chi connectivity index (χ4v) is 1.27. The summed E-state index contributed by atoms with van der Waals surface area (Å²) in [6, 6.07) is 0. The van der Waals surface area contributed by atoms with Gasteiger partial charge in [-0.2, -0.15) is 0 Å². The van der Waals surface area contributed by atoms with Crippen LogP contribution < -0.4 is 4.72 Å². The lowest BCUT2D eigenvalue weighted by Crippen LogP contribution is -2.22. The smallest absolute Gasteiger partial charge is 0.236 e. The van der Waals surface area contributed by atoms with Crippen molar-refractivity contribution >= 4 is 27.7 Å². The summed E-state index contributed by atoms with van der Waals surface area (Å²) < 4.78 is 23.1. The van der Waals surface area contributed by atoms with Crippen LogP contribution in [0, 0.1) is 0 Å². The first kappa shape index (κ1) is 8.58. The lowest BCUT2D eigenvalue weighted by atomic mass is 10.8. The van der Waals surface area contributed by atoms with Crippen LogP contribution in [0.25, 0.3) is 0 Å². The van der Waals surface area contributed by atoms with Crippen molar-refractivity contribution in [3.8, 4) is 0 Å². The van der Waals surface area contributed by atoms with Gasteiger partial charge < -0.3 is 0 Å². The van der Waals surface area contributed by atoms with Gasteiger partial charge in [-0.25, -0.2) is 8.42 Å². The van der Waals surface area contributed by atoms with Gasteiger partial charge in [-0.15, -0.1) is 6.58 Å². The SMILES string of the molecule is C=CCS(=O)(=O)NC=S. The molecule has 0 unspecified atom stereocenters. The molecule has 3 nitrogen and oxygen atoms in total. The molecule has 52 valence electrons. The molecule has 0 rings (SSSR count). The van der Waals surface area contributed by atoms with Crippen LogP contribution in [0.3, 0.4) is 0 Å². The highest BCUT2D eigenvalue weighted by molar-refractivity contribution is 7.91. The van der Waals surface area contributed by atoms with Crippen molar-refractivity contribution in [3.63, 3.8) is 0 Å². The minimum Gasteiger partial charge on any atom is -0.280 e. The first-order valence-corrected chi connectivity index (χ1v) is 4.29. The van der Waals surface area contributed by atoms with Gasteiger partial charge in [-0.05, 0) is 0 Å². The van der Waals surface area contributed by atoms with Crippen LogP contribution in [0.5, 0.6) is 0 Å². The largest absolute Gasteiger partial charge is 0.280 e. The first-order chi connectivity index (χ1) is 4.12. The summed E-state index contributed by atoms with van der Waals surface area (Å²) in [6.07, 6.45) is 1.29. The maximum atomic E-state index is 10.6. The molecule has 0 saturated carbocycles. The zero-order valence-corrected chi connectivity index (χ0v) is 6.33. The maximum Gasteiger partial charge on any atom is 0.236 e. The van der Waals surface area contributed by atoms with Crippen LogP contribution in [-0.4, -0.2) is 19.7 Å². The Balaban J connectivity index is 4.03. The van der Waals surface area contributed by atoms with Crippen molar-refractivity contribution in [3.05, 3.63) is 12.7 Å². The van der Waals surface area contributed by atoms with E-state index < -0.39 is 10.0 Å². The van der Waals surface area contributed by atoms with Crippen LogP contribution in [0.4, 0.5) is 0 Å². The van der Waals surface area contributed by atoms with E-state index in [4.69, 9.17) is 0 Å². The fraction of sp³-hybridized carbons (Fsp3) is 0.250. The molecule has 5 heteroatoms. The van der Waals surface area contributed by atoms with Gasteiger partial charge in [0.15, 0.2) is 0 Å². The van der Waals surface area contributed by atoms with E-state index in [-0.39, 0.29) is 5.75 Å². The molecular formula is C4H7NO2S2. The summed E-state index contributed by atoms with van der Waals surface area (Å²) in [6.45, 7) is 3.26. The summed E-state index contributed by atoms with van der Waals surface area (Å²) >= 11 is 4.26. The van der Waals surface area contributed by atoms with Gasteiger partial charge in [-0.1, -0.05) is 18.3 Å². The van der Waals surface area contributed by atoms with Gasteiger partial charge >= 0.3 is 0 Å². The third kappa shape index (κ3) is 4.11. The van der Waals surface area contributed by atoms with Gasteiger partial charge in [0.25, 0.3) is 0 Å². The van der Waals surface area contributed by atoms with E-state index in [1.54, 1.807) is 0 Å². The maximum absolute atomic E-state index is 10.6. The molecule has 0 fully saturated rings. The van der Waals surface area contributed by atoms with E-state index >= 15 is 0 Å². The predicted octanol–water partition coefficient (Wildman–Crippen LogP) is 0.0490. The lowest BCUT2D eigenvalue weighted by Gasteiger charge is -1.95. The minimum atomic E-state index is -3.21. The first-order valence-electron chi connectivity index (χ1n) is 2.17. The van der Waals surface area contributed by atoms with Crippen molar-refractivity contribution in [2.45, 2.75) is 0 Å². The quantitative estimate of drug-likeness (QED) is 0.473. The lowest BCUT2D eigenvalue weighted by molar-refractivity contribution is 0.596. The van der Waals surface area contributed by atoms with Crippen molar-refractivity contribution in [2.24, 2.45) is 0 Å². The molecule has 0 aliphatic heterocycles. The van der Waals surface area contributed by atoms with E-state index in [2.05, 4.69) is 18.8 Å². The van der Waals surface area contributed by atoms with E-state index in [1.807, 2.05) is 4.72 Å². The van der Waals surface area contributed by atoms with Crippen LogP contribution >= 0.6 is 12.2 Å². The summed E-state index contributed by atoms with van der Waals surface area (Å²) in [5.74, 6) is -0.0971. The summed E-state index contributed by atoms with van der Waals surface area (Å²) in [4.78, 5) is 0. The zero-order chi connectivity index (χ0) is 7.33. The molecule has 0 aliphatic rings. The Bertz CT molecular complexity index is 179. The molecule has 0 aliphatic carbocycles. The normalized spacial score (nSPS) is 10.2. The average molecular weight is 165 g/mol. The summed E-state index contributed by atoms with van der Waals surface area (Å²) in [5, 5.41) is 0. The second kappa shape index (κ2) is 3.58. The number of rotatable bonds is 4. The Morgan fingerprint density at radius 1 is 1.67 bits per heavy atom. The third-order valence-electron chi connectivity index (χ3n) is 0.565. The second-order valence-corrected chi connectivity index (χ2v) is 3.34. The van der Waals surface area contributed by atoms with Gasteiger partial charge in [0.05, 0.1) is 11.2 Å². The Morgan fingerprint density at radius 3 is 2.56 bits per heavy atom. The topological polar surface area (TPSA) is 46.2 Å². The van der Waals surface area contributed by atoms with Gasteiger partial charge in [-0.3, -0.25) is 4.72 Å².